The third kappa shape index (κ3) is 4.05. The van der Waals surface area contributed by atoms with Gasteiger partial charge in [-0.2, -0.15) is 0 Å². The molecular weight excluding hydrogens is 313 g/mol. The summed E-state index contributed by atoms with van der Waals surface area (Å²) in [7, 11) is 0. The quantitative estimate of drug-likeness (QED) is 0.459. The van der Waals surface area contributed by atoms with Crippen molar-refractivity contribution in [3.8, 4) is 0 Å². The van der Waals surface area contributed by atoms with Gasteiger partial charge in [-0.15, -0.1) is 0 Å². The molecule has 1 unspecified atom stereocenters. The Morgan fingerprint density at radius 1 is 1.27 bits per heavy atom. The van der Waals surface area contributed by atoms with Crippen LogP contribution in [0.25, 0.3) is 0 Å². The molecule has 0 aromatic heterocycles. The van der Waals surface area contributed by atoms with Gasteiger partial charge in [0.25, 0.3) is 0 Å². The molecule has 74 valence electrons. The van der Waals surface area contributed by atoms with Crippen LogP contribution in [0.4, 0.5) is 0 Å². The van der Waals surface area contributed by atoms with Gasteiger partial charge >= 0.3 is 68.9 Å². The van der Waals surface area contributed by atoms with Crippen LogP contribution in [0, 0.1) is 12.8 Å². The van der Waals surface area contributed by atoms with Crippen LogP contribution >= 0.6 is 0 Å². The minimum Gasteiger partial charge on any atom is -0.549 e. The van der Waals surface area contributed by atoms with Crippen LogP contribution in [0.2, 0.25) is 0 Å². The Labute approximate surface area is 148 Å². The molecule has 15 heavy (non-hydrogen) atoms. The molecule has 3 nitrogen and oxygen atoms in total. The average Bonchev–Trinajstić information content (AvgIpc) is 2.16. The van der Waals surface area contributed by atoms with E-state index in [1.165, 1.54) is 6.92 Å². The maximum absolute atomic E-state index is 11.6. The van der Waals surface area contributed by atoms with Gasteiger partial charge in [-0.25, -0.2) is 0 Å². The molecule has 1 aromatic rings. The molecule has 4 heteroatoms. The van der Waals surface area contributed by atoms with Crippen molar-refractivity contribution in [3.05, 3.63) is 35.4 Å². The van der Waals surface area contributed by atoms with E-state index in [-0.39, 0.29) is 68.9 Å². The van der Waals surface area contributed by atoms with Crippen molar-refractivity contribution in [1.29, 1.82) is 0 Å². The minimum atomic E-state index is -1.33. The van der Waals surface area contributed by atoms with Gasteiger partial charge in [-0.05, 0) is 19.4 Å². The van der Waals surface area contributed by atoms with E-state index < -0.39 is 17.7 Å². The summed E-state index contributed by atoms with van der Waals surface area (Å²) in [5, 5.41) is 10.5. The first kappa shape index (κ1) is 15.4. The van der Waals surface area contributed by atoms with Crippen LogP contribution in [0.3, 0.4) is 0 Å². The predicted molar refractivity (Wildman–Crippen MR) is 49.7 cm³/mol. The fraction of sp³-hybridized carbons (Fsp3) is 0.273. The molecule has 0 fully saturated rings. The molecule has 0 saturated carbocycles. The first-order chi connectivity index (χ1) is 6.54. The van der Waals surface area contributed by atoms with Crippen molar-refractivity contribution >= 4 is 11.8 Å². The summed E-state index contributed by atoms with van der Waals surface area (Å²) in [4.78, 5) is 22.1. The van der Waals surface area contributed by atoms with Crippen molar-refractivity contribution < 1.29 is 83.6 Å². The van der Waals surface area contributed by atoms with Crippen LogP contribution in [0.15, 0.2) is 24.3 Å². The summed E-state index contributed by atoms with van der Waals surface area (Å²) in [6.07, 6.45) is 0. The average molecular weight is 324 g/mol. The van der Waals surface area contributed by atoms with Crippen LogP contribution in [0.1, 0.15) is 22.8 Å². The van der Waals surface area contributed by atoms with Gasteiger partial charge in [0, 0.05) is 5.56 Å². The normalized spacial score (nSPS) is 11.3. The standard InChI is InChI=1S/C11H12O3.Cs/c1-7-5-3-4-6-9(7)10(12)8(2)11(13)14;/h3-6,8H,1-2H3,(H,13,14);/q;+1/p-1. The van der Waals surface area contributed by atoms with Crippen molar-refractivity contribution in [2.45, 2.75) is 13.8 Å². The van der Waals surface area contributed by atoms with Crippen LogP contribution in [0.5, 0.6) is 0 Å². The molecule has 0 aliphatic heterocycles. The molecule has 0 heterocycles. The predicted octanol–water partition coefficient (Wildman–Crippen LogP) is -2.43. The van der Waals surface area contributed by atoms with Crippen molar-refractivity contribution in [3.63, 3.8) is 0 Å². The largest absolute Gasteiger partial charge is 1.00 e. The summed E-state index contributed by atoms with van der Waals surface area (Å²) < 4.78 is 0. The molecule has 1 aromatic carbocycles. The number of benzene rings is 1. The summed E-state index contributed by atoms with van der Waals surface area (Å²) >= 11 is 0. The number of rotatable bonds is 3. The number of ketones is 1. The zero-order valence-corrected chi connectivity index (χ0v) is 15.4. The molecule has 0 saturated heterocycles. The monoisotopic (exact) mass is 324 g/mol. The summed E-state index contributed by atoms with van der Waals surface area (Å²) in [6.45, 7) is 3.11. The fourth-order valence-corrected chi connectivity index (χ4v) is 1.19. The third-order valence-corrected chi connectivity index (χ3v) is 2.16. The summed E-state index contributed by atoms with van der Waals surface area (Å²) in [5.74, 6) is -2.82. The summed E-state index contributed by atoms with van der Waals surface area (Å²) in [6, 6.07) is 6.91. The molecule has 0 bridgehead atoms. The van der Waals surface area contributed by atoms with Gasteiger partial charge < -0.3 is 9.90 Å². The first-order valence-electron chi connectivity index (χ1n) is 4.34. The molecule has 0 aliphatic rings. The van der Waals surface area contributed by atoms with Gasteiger partial charge in [-0.3, -0.25) is 4.79 Å². The number of aliphatic carboxylic acids is 1. The molecule has 0 N–H and O–H groups in total. The van der Waals surface area contributed by atoms with Crippen LogP contribution in [-0.2, 0) is 4.79 Å². The first-order valence-corrected chi connectivity index (χ1v) is 4.34. The molecule has 0 spiro atoms. The number of Topliss-reactive ketones (excluding diaryl/α,β-unsaturated/α-hetero) is 1. The topological polar surface area (TPSA) is 57.2 Å². The minimum absolute atomic E-state index is 0. The van der Waals surface area contributed by atoms with E-state index in [9.17, 15) is 14.7 Å². The maximum atomic E-state index is 11.6. The fourth-order valence-electron chi connectivity index (χ4n) is 1.19. The number of hydrogen-bond acceptors (Lipinski definition) is 3. The molecule has 0 radical (unpaired) electrons. The number of carboxylic acids is 1. The van der Waals surface area contributed by atoms with E-state index in [4.69, 9.17) is 0 Å². The van der Waals surface area contributed by atoms with Gasteiger partial charge in [0.1, 0.15) is 0 Å². The molecular formula is C11H11CsO3. The van der Waals surface area contributed by atoms with E-state index in [2.05, 4.69) is 0 Å². The van der Waals surface area contributed by atoms with Crippen molar-refractivity contribution in [2.75, 3.05) is 0 Å². The molecule has 1 rings (SSSR count). The second kappa shape index (κ2) is 6.88. The molecule has 0 amide bonds. The second-order valence-corrected chi connectivity index (χ2v) is 3.22. The number of carbonyl (C=O) groups is 2. The Kier molecular flexibility index (Phi) is 7.07. The van der Waals surface area contributed by atoms with Gasteiger partial charge in [0.2, 0.25) is 0 Å². The van der Waals surface area contributed by atoms with Crippen molar-refractivity contribution in [2.24, 2.45) is 5.92 Å². The number of hydrogen-bond donors (Lipinski definition) is 0. The summed E-state index contributed by atoms with van der Waals surface area (Å²) in [5.41, 5.74) is 1.23. The Hall–Kier alpha value is 0.412. The van der Waals surface area contributed by atoms with E-state index >= 15 is 0 Å². The van der Waals surface area contributed by atoms with E-state index in [0.29, 0.717) is 5.56 Å². The zero-order valence-electron chi connectivity index (χ0n) is 9.11. The number of carbonyl (C=O) groups excluding carboxylic acids is 2. The Bertz CT molecular complexity index is 374. The molecule has 0 aliphatic carbocycles. The van der Waals surface area contributed by atoms with Gasteiger partial charge in [0.15, 0.2) is 5.78 Å². The third-order valence-electron chi connectivity index (χ3n) is 2.16. The Balaban J connectivity index is 0.00000196. The van der Waals surface area contributed by atoms with E-state index in [1.807, 2.05) is 0 Å². The Morgan fingerprint density at radius 3 is 2.27 bits per heavy atom. The maximum Gasteiger partial charge on any atom is 1.00 e. The smallest absolute Gasteiger partial charge is 0.549 e. The van der Waals surface area contributed by atoms with E-state index in [1.54, 1.807) is 31.2 Å². The van der Waals surface area contributed by atoms with Gasteiger partial charge in [-0.1, -0.05) is 24.3 Å². The zero-order chi connectivity index (χ0) is 10.7. The number of aryl methyl sites for hydroxylation is 1. The van der Waals surface area contributed by atoms with Crippen LogP contribution in [-0.4, -0.2) is 11.8 Å². The SMILES string of the molecule is Cc1ccccc1C(=O)C(C)C(=O)[O-].[Cs+]. The van der Waals surface area contributed by atoms with Crippen molar-refractivity contribution in [1.82, 2.24) is 0 Å². The number of carboxylic acid groups (broad SMARTS) is 1. The Morgan fingerprint density at radius 2 is 1.80 bits per heavy atom. The van der Waals surface area contributed by atoms with Gasteiger partial charge in [0.05, 0.1) is 11.9 Å². The van der Waals surface area contributed by atoms with E-state index in [0.717, 1.165) is 5.56 Å². The van der Waals surface area contributed by atoms with Crippen LogP contribution < -0.4 is 74.0 Å². The second-order valence-electron chi connectivity index (χ2n) is 3.22. The molecule has 1 atom stereocenters.